The molecule has 1 aromatic rings. The van der Waals surface area contributed by atoms with Crippen molar-refractivity contribution in [3.8, 4) is 0 Å². The number of benzene rings is 1. The van der Waals surface area contributed by atoms with Gasteiger partial charge in [-0.3, -0.25) is 0 Å². The molecule has 14 heavy (non-hydrogen) atoms. The van der Waals surface area contributed by atoms with E-state index in [4.69, 9.17) is 11.6 Å². The summed E-state index contributed by atoms with van der Waals surface area (Å²) < 4.78 is 36.7. The molecule has 0 saturated heterocycles. The Kier molecular flexibility index (Phi) is 2.83. The Hall–Kier alpha value is -0.675. The van der Waals surface area contributed by atoms with E-state index in [1.165, 1.54) is 20.0 Å². The Bertz CT molecular complexity index is 303. The predicted molar refractivity (Wildman–Crippen MR) is 49.7 cm³/mol. The summed E-state index contributed by atoms with van der Waals surface area (Å²) in [5, 5.41) is 9.28. The van der Waals surface area contributed by atoms with Crippen molar-refractivity contribution in [1.82, 2.24) is 0 Å². The molecule has 0 aliphatic heterocycles. The summed E-state index contributed by atoms with van der Waals surface area (Å²) in [6.45, 7) is 0. The van der Waals surface area contributed by atoms with Gasteiger partial charge in [-0.2, -0.15) is 13.2 Å². The standard InChI is InChI=1S/C8H7BClF3O/c9-7(10,14)5-2-1-3-6(4-5)8(11,12)13/h1-4,14H,9H2. The first-order chi connectivity index (χ1) is 6.21. The van der Waals surface area contributed by atoms with Crippen LogP contribution in [0.4, 0.5) is 13.2 Å². The maximum atomic E-state index is 12.2. The Morgan fingerprint density at radius 2 is 1.71 bits per heavy atom. The highest BCUT2D eigenvalue weighted by molar-refractivity contribution is 6.42. The van der Waals surface area contributed by atoms with Crippen LogP contribution in [-0.2, 0) is 11.1 Å². The van der Waals surface area contributed by atoms with Gasteiger partial charge in [0.1, 0.15) is 4.96 Å². The molecular weight excluding hydrogens is 215 g/mol. The molecule has 0 fully saturated rings. The van der Waals surface area contributed by atoms with E-state index in [1.54, 1.807) is 0 Å². The molecule has 1 aromatic carbocycles. The van der Waals surface area contributed by atoms with Crippen molar-refractivity contribution >= 4 is 19.4 Å². The number of hydrogen-bond donors (Lipinski definition) is 1. The highest BCUT2D eigenvalue weighted by Gasteiger charge is 2.31. The number of aliphatic hydroxyl groups is 1. The molecule has 1 nitrogen and oxygen atoms in total. The van der Waals surface area contributed by atoms with Crippen molar-refractivity contribution < 1.29 is 18.3 Å². The van der Waals surface area contributed by atoms with Gasteiger partial charge in [0.2, 0.25) is 0 Å². The minimum Gasteiger partial charge on any atom is -0.379 e. The predicted octanol–water partition coefficient (Wildman–Crippen LogP) is 1.68. The van der Waals surface area contributed by atoms with Crippen molar-refractivity contribution in [2.24, 2.45) is 0 Å². The zero-order chi connectivity index (χ0) is 11.0. The van der Waals surface area contributed by atoms with Crippen LogP contribution in [0.2, 0.25) is 0 Å². The molecule has 0 radical (unpaired) electrons. The molecule has 0 bridgehead atoms. The first-order valence-electron chi connectivity index (χ1n) is 3.80. The summed E-state index contributed by atoms with van der Waals surface area (Å²) in [6.07, 6.45) is -4.42. The van der Waals surface area contributed by atoms with E-state index in [-0.39, 0.29) is 5.56 Å². The lowest BCUT2D eigenvalue weighted by Gasteiger charge is -2.17. The summed E-state index contributed by atoms with van der Waals surface area (Å²) >= 11 is 5.47. The average Bonchev–Trinajstić information content (AvgIpc) is 2.01. The van der Waals surface area contributed by atoms with E-state index in [1.807, 2.05) is 0 Å². The van der Waals surface area contributed by atoms with Gasteiger partial charge in [0, 0.05) is 0 Å². The van der Waals surface area contributed by atoms with Gasteiger partial charge >= 0.3 is 6.18 Å². The molecule has 0 aromatic heterocycles. The monoisotopic (exact) mass is 222 g/mol. The average molecular weight is 222 g/mol. The Morgan fingerprint density at radius 1 is 1.21 bits per heavy atom. The van der Waals surface area contributed by atoms with Gasteiger partial charge in [0.05, 0.1) is 5.56 Å². The molecule has 76 valence electrons. The summed E-state index contributed by atoms with van der Waals surface area (Å²) in [6, 6.07) is 4.29. The summed E-state index contributed by atoms with van der Waals surface area (Å²) in [4.78, 5) is -1.78. The van der Waals surface area contributed by atoms with Crippen LogP contribution in [0.15, 0.2) is 24.3 Å². The number of alkyl halides is 4. The van der Waals surface area contributed by atoms with Gasteiger partial charge in [-0.15, -0.1) is 0 Å². The maximum absolute atomic E-state index is 12.2. The van der Waals surface area contributed by atoms with Crippen LogP contribution in [0.25, 0.3) is 0 Å². The lowest BCUT2D eigenvalue weighted by molar-refractivity contribution is -0.137. The van der Waals surface area contributed by atoms with Gasteiger partial charge in [0.15, 0.2) is 7.85 Å². The highest BCUT2D eigenvalue weighted by atomic mass is 35.5. The quantitative estimate of drug-likeness (QED) is 0.566. The van der Waals surface area contributed by atoms with Gasteiger partial charge in [-0.05, 0) is 17.7 Å². The lowest BCUT2D eigenvalue weighted by Crippen LogP contribution is -2.18. The number of halogens is 4. The summed E-state index contributed by atoms with van der Waals surface area (Å²) in [7, 11) is 1.21. The molecule has 0 heterocycles. The van der Waals surface area contributed by atoms with E-state index < -0.39 is 16.7 Å². The third-order valence-corrected chi connectivity index (χ3v) is 1.93. The van der Waals surface area contributed by atoms with Gasteiger partial charge in [-0.1, -0.05) is 23.7 Å². The van der Waals surface area contributed by atoms with Crippen LogP contribution in [0.1, 0.15) is 11.1 Å². The summed E-state index contributed by atoms with van der Waals surface area (Å²) in [5.74, 6) is 0. The largest absolute Gasteiger partial charge is 0.416 e. The molecule has 0 amide bonds. The fraction of sp³-hybridized carbons (Fsp3) is 0.250. The lowest BCUT2D eigenvalue weighted by atomic mass is 9.90. The van der Waals surface area contributed by atoms with E-state index in [0.29, 0.717) is 0 Å². The SMILES string of the molecule is BC(O)(Cl)c1cccc(C(F)(F)F)c1. The third-order valence-electron chi connectivity index (χ3n) is 1.72. The fourth-order valence-electron chi connectivity index (χ4n) is 0.979. The fourth-order valence-corrected chi connectivity index (χ4v) is 1.10. The minimum absolute atomic E-state index is 0.0222. The Balaban J connectivity index is 3.15. The first kappa shape index (κ1) is 11.4. The molecule has 1 atom stereocenters. The van der Waals surface area contributed by atoms with Gasteiger partial charge in [0.25, 0.3) is 0 Å². The Labute approximate surface area is 84.9 Å². The second-order valence-electron chi connectivity index (χ2n) is 3.03. The van der Waals surface area contributed by atoms with Crippen molar-refractivity contribution in [2.75, 3.05) is 0 Å². The van der Waals surface area contributed by atoms with E-state index in [2.05, 4.69) is 0 Å². The third kappa shape index (κ3) is 2.65. The molecule has 0 spiro atoms. The zero-order valence-electron chi connectivity index (χ0n) is 7.27. The van der Waals surface area contributed by atoms with E-state index >= 15 is 0 Å². The van der Waals surface area contributed by atoms with Crippen LogP contribution in [0, 0.1) is 0 Å². The molecular formula is C8H7BClF3O. The smallest absolute Gasteiger partial charge is 0.379 e. The molecule has 1 unspecified atom stereocenters. The molecule has 1 rings (SSSR count). The van der Waals surface area contributed by atoms with Crippen molar-refractivity contribution in [3.05, 3.63) is 35.4 Å². The van der Waals surface area contributed by atoms with Crippen LogP contribution >= 0.6 is 11.6 Å². The zero-order valence-corrected chi connectivity index (χ0v) is 8.02. The van der Waals surface area contributed by atoms with E-state index in [0.717, 1.165) is 12.1 Å². The topological polar surface area (TPSA) is 20.2 Å². The molecule has 1 N–H and O–H groups in total. The van der Waals surface area contributed by atoms with Gasteiger partial charge in [-0.25, -0.2) is 0 Å². The van der Waals surface area contributed by atoms with Crippen molar-refractivity contribution in [3.63, 3.8) is 0 Å². The molecule has 0 saturated carbocycles. The van der Waals surface area contributed by atoms with Crippen molar-refractivity contribution in [1.29, 1.82) is 0 Å². The van der Waals surface area contributed by atoms with Crippen LogP contribution in [-0.4, -0.2) is 13.0 Å². The number of hydrogen-bond acceptors (Lipinski definition) is 1. The first-order valence-corrected chi connectivity index (χ1v) is 4.18. The van der Waals surface area contributed by atoms with Crippen LogP contribution in [0.3, 0.4) is 0 Å². The van der Waals surface area contributed by atoms with Crippen LogP contribution in [0.5, 0.6) is 0 Å². The molecule has 0 aliphatic carbocycles. The van der Waals surface area contributed by atoms with Crippen molar-refractivity contribution in [2.45, 2.75) is 11.1 Å². The normalized spacial score (nSPS) is 16.4. The van der Waals surface area contributed by atoms with Gasteiger partial charge < -0.3 is 5.11 Å². The molecule has 6 heteroatoms. The Morgan fingerprint density at radius 3 is 2.14 bits per heavy atom. The van der Waals surface area contributed by atoms with Crippen LogP contribution < -0.4 is 0 Å². The second kappa shape index (κ2) is 3.48. The second-order valence-corrected chi connectivity index (χ2v) is 3.77. The van der Waals surface area contributed by atoms with E-state index in [9.17, 15) is 18.3 Å². The summed E-state index contributed by atoms with van der Waals surface area (Å²) in [5.41, 5.74) is -0.801. The minimum atomic E-state index is -4.42. The molecule has 0 aliphatic rings. The highest BCUT2D eigenvalue weighted by Crippen LogP contribution is 2.32. The maximum Gasteiger partial charge on any atom is 0.416 e. The number of rotatable bonds is 1.